The molecule has 0 amide bonds. The van der Waals surface area contributed by atoms with E-state index in [1.54, 1.807) is 0 Å². The molecule has 6 atom stereocenters. The highest BCUT2D eigenvalue weighted by molar-refractivity contribution is 5.37. The number of aliphatic hydroxyl groups is 2. The molecule has 0 aromatic carbocycles. The van der Waals surface area contributed by atoms with Gasteiger partial charge in [0.1, 0.15) is 0 Å². The van der Waals surface area contributed by atoms with Crippen molar-refractivity contribution in [3.05, 3.63) is 22.8 Å². The Kier molecular flexibility index (Phi) is 3.40. The summed E-state index contributed by atoms with van der Waals surface area (Å²) in [6.07, 6.45) is 5.57. The van der Waals surface area contributed by atoms with E-state index in [1.165, 1.54) is 16.7 Å². The number of rotatable bonds is 1. The Hall–Kier alpha value is -0.640. The molecule has 1 aliphatic heterocycles. The van der Waals surface area contributed by atoms with Crippen LogP contribution in [-0.4, -0.2) is 28.7 Å². The molecule has 23 heavy (non-hydrogen) atoms. The first kappa shape index (κ1) is 15.9. The largest absolute Gasteiger partial charge is 0.389 e. The van der Waals surface area contributed by atoms with Crippen LogP contribution in [0.15, 0.2) is 22.8 Å². The first-order valence-electron chi connectivity index (χ1n) is 9.22. The molecule has 1 saturated carbocycles. The Labute approximate surface area is 139 Å². The average molecular weight is 318 g/mol. The van der Waals surface area contributed by atoms with Crippen molar-refractivity contribution in [1.29, 1.82) is 0 Å². The number of hydrogen-bond donors (Lipinski definition) is 2. The Morgan fingerprint density at radius 3 is 2.70 bits per heavy atom. The highest BCUT2D eigenvalue weighted by atomic mass is 16.6. The van der Waals surface area contributed by atoms with Gasteiger partial charge in [0.05, 0.1) is 12.7 Å². The average Bonchev–Trinajstić information content (AvgIpc) is 2.94. The molecule has 3 heteroatoms. The molecule has 3 aliphatic carbocycles. The van der Waals surface area contributed by atoms with Crippen LogP contribution in [0.2, 0.25) is 0 Å². The molecule has 0 bridgehead atoms. The molecule has 0 aromatic rings. The summed E-state index contributed by atoms with van der Waals surface area (Å²) in [6, 6.07) is 0. The minimum atomic E-state index is -0.939. The molecule has 0 spiro atoms. The van der Waals surface area contributed by atoms with Crippen molar-refractivity contribution in [2.45, 2.75) is 65.3 Å². The van der Waals surface area contributed by atoms with Gasteiger partial charge in [0, 0.05) is 12.3 Å². The van der Waals surface area contributed by atoms with E-state index >= 15 is 0 Å². The zero-order valence-corrected chi connectivity index (χ0v) is 14.8. The van der Waals surface area contributed by atoms with Crippen LogP contribution in [0.25, 0.3) is 0 Å². The zero-order chi connectivity index (χ0) is 16.6. The third kappa shape index (κ3) is 2.13. The number of fused-ring (bicyclic) bond motifs is 1. The van der Waals surface area contributed by atoms with Crippen LogP contribution < -0.4 is 0 Å². The van der Waals surface area contributed by atoms with Crippen molar-refractivity contribution in [1.82, 2.24) is 0 Å². The van der Waals surface area contributed by atoms with E-state index in [4.69, 9.17) is 4.74 Å². The molecular weight excluding hydrogens is 288 g/mol. The Morgan fingerprint density at radius 1 is 1.26 bits per heavy atom. The van der Waals surface area contributed by atoms with E-state index in [1.807, 2.05) is 0 Å². The van der Waals surface area contributed by atoms with Crippen molar-refractivity contribution in [2.24, 2.45) is 29.1 Å². The van der Waals surface area contributed by atoms with Gasteiger partial charge in [0.2, 0.25) is 0 Å². The van der Waals surface area contributed by atoms with Crippen molar-refractivity contribution < 1.29 is 14.9 Å². The Balaban J connectivity index is 1.81. The highest BCUT2D eigenvalue weighted by Crippen LogP contribution is 2.60. The maximum Gasteiger partial charge on any atom is 0.173 e. The Bertz CT molecular complexity index is 590. The fourth-order valence-electron chi connectivity index (χ4n) is 6.19. The van der Waals surface area contributed by atoms with Crippen LogP contribution in [0, 0.1) is 29.1 Å². The van der Waals surface area contributed by atoms with Gasteiger partial charge in [0.15, 0.2) is 5.79 Å². The summed E-state index contributed by atoms with van der Waals surface area (Å²) in [5.74, 6) is 0.535. The summed E-state index contributed by atoms with van der Waals surface area (Å²) in [5.41, 5.74) is 4.08. The van der Waals surface area contributed by atoms with E-state index in [2.05, 4.69) is 33.8 Å². The van der Waals surface area contributed by atoms with E-state index < -0.39 is 5.79 Å². The molecule has 1 heterocycles. The summed E-state index contributed by atoms with van der Waals surface area (Å²) in [7, 11) is 0. The smallest absolute Gasteiger partial charge is 0.173 e. The van der Waals surface area contributed by atoms with Crippen molar-refractivity contribution >= 4 is 0 Å². The lowest BCUT2D eigenvalue weighted by Crippen LogP contribution is -2.34. The third-order valence-corrected chi connectivity index (χ3v) is 7.10. The lowest BCUT2D eigenvalue weighted by Gasteiger charge is -2.37. The van der Waals surface area contributed by atoms with E-state index in [0.717, 1.165) is 25.7 Å². The zero-order valence-electron chi connectivity index (χ0n) is 14.8. The number of ether oxygens (including phenoxy) is 1. The van der Waals surface area contributed by atoms with Gasteiger partial charge in [-0.15, -0.1) is 0 Å². The quantitative estimate of drug-likeness (QED) is 0.728. The van der Waals surface area contributed by atoms with E-state index in [9.17, 15) is 10.2 Å². The van der Waals surface area contributed by atoms with Crippen LogP contribution in [0.3, 0.4) is 0 Å². The molecule has 4 aliphatic rings. The van der Waals surface area contributed by atoms with Gasteiger partial charge >= 0.3 is 0 Å². The van der Waals surface area contributed by atoms with Gasteiger partial charge in [-0.05, 0) is 53.6 Å². The van der Waals surface area contributed by atoms with Gasteiger partial charge in [0.25, 0.3) is 0 Å². The first-order valence-corrected chi connectivity index (χ1v) is 9.22. The second-order valence-electron chi connectivity index (χ2n) is 9.01. The Morgan fingerprint density at radius 2 is 2.00 bits per heavy atom. The van der Waals surface area contributed by atoms with E-state index in [-0.39, 0.29) is 17.4 Å². The molecule has 2 N–H and O–H groups in total. The summed E-state index contributed by atoms with van der Waals surface area (Å²) in [4.78, 5) is 0. The third-order valence-electron chi connectivity index (χ3n) is 7.10. The molecular formula is C20H30O3. The van der Waals surface area contributed by atoms with E-state index in [0.29, 0.717) is 24.4 Å². The fourth-order valence-corrected chi connectivity index (χ4v) is 6.19. The molecule has 2 unspecified atom stereocenters. The lowest BCUT2D eigenvalue weighted by atomic mass is 9.67. The molecule has 3 nitrogen and oxygen atoms in total. The topological polar surface area (TPSA) is 49.7 Å². The molecule has 1 saturated heterocycles. The van der Waals surface area contributed by atoms with Crippen LogP contribution in [-0.2, 0) is 4.74 Å². The summed E-state index contributed by atoms with van der Waals surface area (Å²) < 4.78 is 5.83. The van der Waals surface area contributed by atoms with Crippen molar-refractivity contribution in [3.8, 4) is 0 Å². The van der Waals surface area contributed by atoms with Crippen molar-refractivity contribution in [3.63, 3.8) is 0 Å². The van der Waals surface area contributed by atoms with Crippen LogP contribution in [0.5, 0.6) is 0 Å². The molecule has 2 fully saturated rings. The number of allylic oxidation sites excluding steroid dienone is 2. The predicted octanol–water partition coefficient (Wildman–Crippen LogP) is 3.42. The molecule has 0 radical (unpaired) electrons. The minimum absolute atomic E-state index is 0.0633. The molecule has 128 valence electrons. The highest BCUT2D eigenvalue weighted by Gasteiger charge is 2.59. The monoisotopic (exact) mass is 318 g/mol. The number of hydrogen-bond acceptors (Lipinski definition) is 3. The maximum absolute atomic E-state index is 10.9. The van der Waals surface area contributed by atoms with Crippen LogP contribution in [0.1, 0.15) is 53.4 Å². The first-order chi connectivity index (χ1) is 10.8. The summed E-state index contributed by atoms with van der Waals surface area (Å²) in [6.45, 7) is 9.56. The van der Waals surface area contributed by atoms with Gasteiger partial charge in [-0.3, -0.25) is 0 Å². The summed E-state index contributed by atoms with van der Waals surface area (Å²) >= 11 is 0. The summed E-state index contributed by atoms with van der Waals surface area (Å²) in [5, 5.41) is 21.6. The predicted molar refractivity (Wildman–Crippen MR) is 89.6 cm³/mol. The maximum atomic E-state index is 10.9. The normalized spacial score (nSPS) is 51.3. The second kappa shape index (κ2) is 4.93. The van der Waals surface area contributed by atoms with Crippen molar-refractivity contribution in [2.75, 3.05) is 6.61 Å². The molecule has 0 aromatic heterocycles. The van der Waals surface area contributed by atoms with Gasteiger partial charge in [-0.1, -0.05) is 39.3 Å². The fraction of sp³-hybridized carbons (Fsp3) is 0.800. The SMILES string of the molecule is CC(C)C1=C2C/C=C3/CO[C@]4(O)C[C@H](C)C(C[C@@]2(C)C[C@@H]1O)C34. The second-order valence-corrected chi connectivity index (χ2v) is 9.01. The van der Waals surface area contributed by atoms with Crippen LogP contribution >= 0.6 is 0 Å². The van der Waals surface area contributed by atoms with Gasteiger partial charge < -0.3 is 14.9 Å². The number of aliphatic hydroxyl groups excluding tert-OH is 1. The molecule has 4 rings (SSSR count). The van der Waals surface area contributed by atoms with Crippen LogP contribution in [0.4, 0.5) is 0 Å². The lowest BCUT2D eigenvalue weighted by molar-refractivity contribution is -0.186. The van der Waals surface area contributed by atoms with Gasteiger partial charge in [-0.25, -0.2) is 0 Å². The standard InChI is InChI=1S/C20H30O3/c1-11(2)17-15-6-5-13-10-23-20(22)7-12(3)14(18(13)20)8-19(15,4)9-16(17)21/h5,11-12,14,16,18,21-22H,6-10H2,1-4H3/b13-5-/t12-,14?,16-,18?,19-,20+/m0/s1. The minimum Gasteiger partial charge on any atom is -0.389 e. The van der Waals surface area contributed by atoms with Gasteiger partial charge in [-0.2, -0.15) is 0 Å².